The van der Waals surface area contributed by atoms with Gasteiger partial charge >= 0.3 is 0 Å². The fraction of sp³-hybridized carbons (Fsp3) is 0.611. The lowest BCUT2D eigenvalue weighted by atomic mass is 10.2. The molecule has 23 heavy (non-hydrogen) atoms. The molecule has 1 heterocycles. The second-order valence-corrected chi connectivity index (χ2v) is 12.6. The lowest BCUT2D eigenvalue weighted by molar-refractivity contribution is -0.135. The summed E-state index contributed by atoms with van der Waals surface area (Å²) in [6.45, 7) is 11.3. The highest BCUT2D eigenvalue weighted by Gasteiger charge is 2.46. The van der Waals surface area contributed by atoms with Gasteiger partial charge in [-0.1, -0.05) is 51.1 Å². The number of aliphatic hydroxyl groups is 1. The van der Waals surface area contributed by atoms with Crippen LogP contribution in [0.1, 0.15) is 32.8 Å². The van der Waals surface area contributed by atoms with Crippen LogP contribution in [0.4, 0.5) is 0 Å². The summed E-state index contributed by atoms with van der Waals surface area (Å²) in [4.78, 5) is 14.6. The summed E-state index contributed by atoms with van der Waals surface area (Å²) >= 11 is 0. The topological polar surface area (TPSA) is 49.8 Å². The van der Waals surface area contributed by atoms with Gasteiger partial charge in [0.25, 0.3) is 5.91 Å². The van der Waals surface area contributed by atoms with E-state index in [1.165, 1.54) is 0 Å². The van der Waals surface area contributed by atoms with E-state index < -0.39 is 14.4 Å². The molecule has 0 saturated carbocycles. The van der Waals surface area contributed by atoms with Crippen molar-refractivity contribution in [2.45, 2.75) is 64.0 Å². The molecule has 0 radical (unpaired) electrons. The number of carbonyl (C=O) groups is 1. The summed E-state index contributed by atoms with van der Waals surface area (Å²) in [5, 5.41) is 9.73. The summed E-state index contributed by atoms with van der Waals surface area (Å²) in [6.07, 6.45) is 0.158. The van der Waals surface area contributed by atoms with E-state index in [4.69, 9.17) is 4.43 Å². The van der Waals surface area contributed by atoms with Gasteiger partial charge in [0.1, 0.15) is 6.10 Å². The van der Waals surface area contributed by atoms with Crippen LogP contribution in [0.3, 0.4) is 0 Å². The molecule has 1 aromatic carbocycles. The first-order valence-electron chi connectivity index (χ1n) is 8.29. The Bertz CT molecular complexity index is 539. The van der Waals surface area contributed by atoms with Crippen LogP contribution in [0, 0.1) is 0 Å². The zero-order valence-corrected chi connectivity index (χ0v) is 15.9. The SMILES string of the molecule is CC(C)(C)[Si](C)(C)O[C@H]1C[C@H](CO)N(Cc2ccccc2)C1=O. The smallest absolute Gasteiger partial charge is 0.251 e. The molecule has 128 valence electrons. The monoisotopic (exact) mass is 335 g/mol. The van der Waals surface area contributed by atoms with Gasteiger partial charge in [-0.05, 0) is 23.7 Å². The number of hydrogen-bond acceptors (Lipinski definition) is 3. The van der Waals surface area contributed by atoms with Gasteiger partial charge < -0.3 is 14.4 Å². The number of amides is 1. The maximum absolute atomic E-state index is 12.8. The molecule has 0 bridgehead atoms. The molecule has 1 amide bonds. The van der Waals surface area contributed by atoms with Crippen molar-refractivity contribution in [2.24, 2.45) is 0 Å². The van der Waals surface area contributed by atoms with Gasteiger partial charge in [0.2, 0.25) is 0 Å². The van der Waals surface area contributed by atoms with Crippen molar-refractivity contribution < 1.29 is 14.3 Å². The minimum Gasteiger partial charge on any atom is -0.405 e. The van der Waals surface area contributed by atoms with Gasteiger partial charge in [-0.15, -0.1) is 0 Å². The molecule has 0 spiro atoms. The highest BCUT2D eigenvalue weighted by molar-refractivity contribution is 6.74. The summed E-state index contributed by atoms with van der Waals surface area (Å²) in [7, 11) is -2.00. The fourth-order valence-corrected chi connectivity index (χ4v) is 3.89. The molecule has 0 aliphatic carbocycles. The third kappa shape index (κ3) is 4.02. The Morgan fingerprint density at radius 3 is 2.39 bits per heavy atom. The van der Waals surface area contributed by atoms with Crippen LogP contribution in [0.15, 0.2) is 30.3 Å². The van der Waals surface area contributed by atoms with E-state index in [-0.39, 0.29) is 23.6 Å². The van der Waals surface area contributed by atoms with Crippen LogP contribution < -0.4 is 0 Å². The fourth-order valence-electron chi connectivity index (χ4n) is 2.63. The third-order valence-corrected chi connectivity index (χ3v) is 9.62. The largest absolute Gasteiger partial charge is 0.405 e. The second-order valence-electron chi connectivity index (χ2n) is 7.89. The highest BCUT2D eigenvalue weighted by atomic mass is 28.4. The molecule has 0 unspecified atom stereocenters. The zero-order chi connectivity index (χ0) is 17.3. The molecule has 1 aromatic rings. The van der Waals surface area contributed by atoms with E-state index in [2.05, 4.69) is 33.9 Å². The van der Waals surface area contributed by atoms with Gasteiger partial charge in [0, 0.05) is 13.0 Å². The first kappa shape index (κ1) is 18.2. The molecule has 1 aliphatic rings. The van der Waals surface area contributed by atoms with Crippen molar-refractivity contribution in [3.05, 3.63) is 35.9 Å². The number of nitrogens with zero attached hydrogens (tertiary/aromatic N) is 1. The van der Waals surface area contributed by atoms with Crippen LogP contribution in [0.25, 0.3) is 0 Å². The molecule has 2 rings (SSSR count). The third-order valence-electron chi connectivity index (χ3n) is 5.14. The molecule has 1 fully saturated rings. The Labute approximate surface area is 140 Å². The standard InChI is InChI=1S/C18H29NO3Si/c1-18(2,3)23(4,5)22-16-11-15(13-20)19(17(16)21)12-14-9-7-6-8-10-14/h6-10,15-16,20H,11-13H2,1-5H3/t15-,16+/m1/s1. The van der Waals surface area contributed by atoms with Crippen LogP contribution >= 0.6 is 0 Å². The Balaban J connectivity index is 2.12. The zero-order valence-electron chi connectivity index (χ0n) is 14.9. The number of benzene rings is 1. The van der Waals surface area contributed by atoms with Crippen LogP contribution in [-0.4, -0.2) is 43.0 Å². The van der Waals surface area contributed by atoms with Crippen LogP contribution in [0.2, 0.25) is 18.1 Å². The predicted octanol–water partition coefficient (Wildman–Crippen LogP) is 3.17. The van der Waals surface area contributed by atoms with E-state index in [0.29, 0.717) is 13.0 Å². The molecule has 2 atom stereocenters. The molecule has 5 heteroatoms. The van der Waals surface area contributed by atoms with Crippen molar-refractivity contribution >= 4 is 14.2 Å². The second kappa shape index (κ2) is 6.75. The van der Waals surface area contributed by atoms with Crippen LogP contribution in [-0.2, 0) is 15.8 Å². The number of hydrogen-bond donors (Lipinski definition) is 1. The lowest BCUT2D eigenvalue weighted by Gasteiger charge is -2.37. The van der Waals surface area contributed by atoms with Crippen molar-refractivity contribution in [2.75, 3.05) is 6.61 Å². The van der Waals surface area contributed by atoms with Gasteiger partial charge in [0.05, 0.1) is 12.6 Å². The first-order chi connectivity index (χ1) is 10.7. The molecule has 0 aromatic heterocycles. The van der Waals surface area contributed by atoms with Crippen molar-refractivity contribution in [3.8, 4) is 0 Å². The first-order valence-corrected chi connectivity index (χ1v) is 11.2. The summed E-state index contributed by atoms with van der Waals surface area (Å²) in [6, 6.07) is 9.74. The van der Waals surface area contributed by atoms with Crippen molar-refractivity contribution in [1.29, 1.82) is 0 Å². The Kier molecular flexibility index (Phi) is 5.33. The van der Waals surface area contributed by atoms with Crippen LogP contribution in [0.5, 0.6) is 0 Å². The normalized spacial score (nSPS) is 22.7. The number of likely N-dealkylation sites (tertiary alicyclic amines) is 1. The predicted molar refractivity (Wildman–Crippen MR) is 94.6 cm³/mol. The molecular weight excluding hydrogens is 306 g/mol. The Morgan fingerprint density at radius 2 is 1.87 bits per heavy atom. The summed E-state index contributed by atoms with van der Waals surface area (Å²) in [5.74, 6) is 0.0118. The number of carbonyl (C=O) groups excluding carboxylic acids is 1. The molecule has 1 aliphatic heterocycles. The minimum atomic E-state index is -2.00. The van der Waals surface area contributed by atoms with Gasteiger partial charge in [0.15, 0.2) is 8.32 Å². The van der Waals surface area contributed by atoms with E-state index in [0.717, 1.165) is 5.56 Å². The van der Waals surface area contributed by atoms with Gasteiger partial charge in [-0.2, -0.15) is 0 Å². The molecular formula is C18H29NO3Si. The van der Waals surface area contributed by atoms with Gasteiger partial charge in [-0.3, -0.25) is 4.79 Å². The van der Waals surface area contributed by atoms with Crippen molar-refractivity contribution in [1.82, 2.24) is 4.90 Å². The number of rotatable bonds is 5. The van der Waals surface area contributed by atoms with E-state index in [1.54, 1.807) is 4.90 Å². The quantitative estimate of drug-likeness (QED) is 0.841. The lowest BCUT2D eigenvalue weighted by Crippen LogP contribution is -2.46. The Hall–Kier alpha value is -1.17. The van der Waals surface area contributed by atoms with E-state index in [1.807, 2.05) is 30.3 Å². The van der Waals surface area contributed by atoms with Crippen molar-refractivity contribution in [3.63, 3.8) is 0 Å². The molecule has 4 nitrogen and oxygen atoms in total. The van der Waals surface area contributed by atoms with Gasteiger partial charge in [-0.25, -0.2) is 0 Å². The maximum atomic E-state index is 12.8. The number of aliphatic hydroxyl groups excluding tert-OH is 1. The maximum Gasteiger partial charge on any atom is 0.251 e. The molecule has 1 saturated heterocycles. The highest BCUT2D eigenvalue weighted by Crippen LogP contribution is 2.39. The van der Waals surface area contributed by atoms with E-state index >= 15 is 0 Å². The minimum absolute atomic E-state index is 0.0118. The summed E-state index contributed by atoms with van der Waals surface area (Å²) in [5.41, 5.74) is 1.08. The Morgan fingerprint density at radius 1 is 1.26 bits per heavy atom. The summed E-state index contributed by atoms with van der Waals surface area (Å²) < 4.78 is 6.31. The molecule has 1 N–H and O–H groups in total. The average Bonchev–Trinajstić information content (AvgIpc) is 2.75. The average molecular weight is 336 g/mol. The van der Waals surface area contributed by atoms with E-state index in [9.17, 15) is 9.90 Å².